The normalized spacial score (nSPS) is 21.1. The molecule has 17 heavy (non-hydrogen) atoms. The van der Waals surface area contributed by atoms with Crippen molar-refractivity contribution in [1.29, 1.82) is 0 Å². The molecule has 0 radical (unpaired) electrons. The van der Waals surface area contributed by atoms with E-state index in [4.69, 9.17) is 9.84 Å². The highest BCUT2D eigenvalue weighted by Crippen LogP contribution is 2.20. The predicted octanol–water partition coefficient (Wildman–Crippen LogP) is 1.87. The molecule has 1 aromatic rings. The molecule has 2 unspecified atom stereocenters. The second-order valence-electron chi connectivity index (χ2n) is 4.02. The monoisotopic (exact) mass is 239 g/mol. The Kier molecular flexibility index (Phi) is 3.58. The lowest BCUT2D eigenvalue weighted by molar-refractivity contribution is -0.140. The summed E-state index contributed by atoms with van der Waals surface area (Å²) < 4.78 is 18.3. The van der Waals surface area contributed by atoms with E-state index < -0.39 is 17.8 Å². The van der Waals surface area contributed by atoms with Crippen LogP contribution < -0.4 is 5.32 Å². The van der Waals surface area contributed by atoms with E-state index in [9.17, 15) is 9.18 Å². The molecule has 5 heteroatoms. The maximum Gasteiger partial charge on any atom is 0.328 e. The van der Waals surface area contributed by atoms with Gasteiger partial charge >= 0.3 is 5.97 Å². The highest BCUT2D eigenvalue weighted by molar-refractivity contribution is 5.78. The molecule has 1 fully saturated rings. The first-order chi connectivity index (χ1) is 8.16. The summed E-state index contributed by atoms with van der Waals surface area (Å²) >= 11 is 0. The minimum atomic E-state index is -0.985. The smallest absolute Gasteiger partial charge is 0.328 e. The van der Waals surface area contributed by atoms with E-state index in [1.165, 1.54) is 18.2 Å². The van der Waals surface area contributed by atoms with Crippen LogP contribution in [0.25, 0.3) is 0 Å². The van der Waals surface area contributed by atoms with Gasteiger partial charge < -0.3 is 15.2 Å². The SMILES string of the molecule is O=C(O)C(Nc1cccc(F)c1)C1CCCO1. The Morgan fingerprint density at radius 3 is 3.00 bits per heavy atom. The topological polar surface area (TPSA) is 58.6 Å². The summed E-state index contributed by atoms with van der Waals surface area (Å²) in [6, 6.07) is 4.91. The minimum absolute atomic E-state index is 0.351. The molecule has 1 heterocycles. The number of rotatable bonds is 4. The number of anilines is 1. The highest BCUT2D eigenvalue weighted by Gasteiger charge is 2.31. The van der Waals surface area contributed by atoms with Crippen molar-refractivity contribution in [3.63, 3.8) is 0 Å². The molecule has 0 spiro atoms. The van der Waals surface area contributed by atoms with Gasteiger partial charge in [-0.2, -0.15) is 0 Å². The lowest BCUT2D eigenvalue weighted by Gasteiger charge is -2.21. The van der Waals surface area contributed by atoms with E-state index in [-0.39, 0.29) is 6.10 Å². The maximum absolute atomic E-state index is 13.0. The zero-order valence-corrected chi connectivity index (χ0v) is 9.23. The number of halogens is 1. The van der Waals surface area contributed by atoms with Gasteiger partial charge in [0.15, 0.2) is 6.04 Å². The average molecular weight is 239 g/mol. The van der Waals surface area contributed by atoms with Crippen LogP contribution in [0.15, 0.2) is 24.3 Å². The molecule has 1 aromatic carbocycles. The fourth-order valence-corrected chi connectivity index (χ4v) is 1.94. The molecule has 1 saturated heterocycles. The van der Waals surface area contributed by atoms with Crippen LogP contribution in [0.5, 0.6) is 0 Å². The van der Waals surface area contributed by atoms with Crippen LogP contribution in [0.3, 0.4) is 0 Å². The fraction of sp³-hybridized carbons (Fsp3) is 0.417. The zero-order valence-electron chi connectivity index (χ0n) is 9.23. The third-order valence-electron chi connectivity index (χ3n) is 2.75. The summed E-state index contributed by atoms with van der Waals surface area (Å²) in [7, 11) is 0. The Hall–Kier alpha value is -1.62. The number of ether oxygens (including phenoxy) is 1. The maximum atomic E-state index is 13.0. The van der Waals surface area contributed by atoms with Gasteiger partial charge in [-0.15, -0.1) is 0 Å². The molecule has 1 aliphatic rings. The Labute approximate surface area is 98.4 Å². The first kappa shape index (κ1) is 11.9. The Balaban J connectivity index is 2.09. The number of hydrogen-bond acceptors (Lipinski definition) is 3. The standard InChI is InChI=1S/C12H14FNO3/c13-8-3-1-4-9(7-8)14-11(12(15)16)10-5-2-6-17-10/h1,3-4,7,10-11,14H,2,5-6H2,(H,15,16). The first-order valence-corrected chi connectivity index (χ1v) is 5.53. The summed E-state index contributed by atoms with van der Waals surface area (Å²) in [6.45, 7) is 0.583. The number of benzene rings is 1. The van der Waals surface area contributed by atoms with E-state index in [1.54, 1.807) is 6.07 Å². The van der Waals surface area contributed by atoms with E-state index >= 15 is 0 Å². The van der Waals surface area contributed by atoms with Crippen LogP contribution in [-0.4, -0.2) is 29.8 Å². The van der Waals surface area contributed by atoms with Crippen molar-refractivity contribution in [1.82, 2.24) is 0 Å². The molecular formula is C12H14FNO3. The number of carbonyl (C=O) groups is 1. The van der Waals surface area contributed by atoms with Crippen molar-refractivity contribution in [2.75, 3.05) is 11.9 Å². The first-order valence-electron chi connectivity index (χ1n) is 5.53. The molecule has 92 valence electrons. The summed E-state index contributed by atoms with van der Waals surface area (Å²) in [5.41, 5.74) is 0.452. The van der Waals surface area contributed by atoms with Crippen LogP contribution in [0.1, 0.15) is 12.8 Å². The highest BCUT2D eigenvalue weighted by atomic mass is 19.1. The molecule has 0 amide bonds. The van der Waals surface area contributed by atoms with E-state index in [0.29, 0.717) is 18.7 Å². The number of carboxylic acids is 1. The molecule has 0 aromatic heterocycles. The zero-order chi connectivity index (χ0) is 12.3. The molecule has 0 saturated carbocycles. The van der Waals surface area contributed by atoms with Crippen LogP contribution in [0.4, 0.5) is 10.1 Å². The van der Waals surface area contributed by atoms with Crippen molar-refractivity contribution in [3.8, 4) is 0 Å². The van der Waals surface area contributed by atoms with Crippen LogP contribution >= 0.6 is 0 Å². The minimum Gasteiger partial charge on any atom is -0.480 e. The summed E-state index contributed by atoms with van der Waals surface area (Å²) in [5, 5.41) is 11.9. The van der Waals surface area contributed by atoms with Crippen molar-refractivity contribution >= 4 is 11.7 Å². The van der Waals surface area contributed by atoms with Crippen molar-refractivity contribution in [2.45, 2.75) is 25.0 Å². The average Bonchev–Trinajstić information content (AvgIpc) is 2.78. The van der Waals surface area contributed by atoms with Crippen molar-refractivity contribution in [3.05, 3.63) is 30.1 Å². The summed E-state index contributed by atoms with van der Waals surface area (Å²) in [6.07, 6.45) is 1.22. The summed E-state index contributed by atoms with van der Waals surface area (Å²) in [5.74, 6) is -1.38. The molecule has 2 atom stereocenters. The molecule has 2 rings (SSSR count). The van der Waals surface area contributed by atoms with Gasteiger partial charge in [-0.3, -0.25) is 0 Å². The van der Waals surface area contributed by atoms with Crippen molar-refractivity contribution in [2.24, 2.45) is 0 Å². The van der Waals surface area contributed by atoms with Gasteiger partial charge in [0.25, 0.3) is 0 Å². The largest absolute Gasteiger partial charge is 0.480 e. The fourth-order valence-electron chi connectivity index (χ4n) is 1.94. The van der Waals surface area contributed by atoms with Gasteiger partial charge in [0.05, 0.1) is 6.10 Å². The number of aliphatic carboxylic acids is 1. The van der Waals surface area contributed by atoms with Gasteiger partial charge in [-0.05, 0) is 31.0 Å². The van der Waals surface area contributed by atoms with E-state index in [0.717, 1.165) is 6.42 Å². The second kappa shape index (κ2) is 5.14. The summed E-state index contributed by atoms with van der Waals surface area (Å²) in [4.78, 5) is 11.1. The van der Waals surface area contributed by atoms with Gasteiger partial charge in [-0.25, -0.2) is 9.18 Å². The van der Waals surface area contributed by atoms with Gasteiger partial charge in [0, 0.05) is 12.3 Å². The van der Waals surface area contributed by atoms with Gasteiger partial charge in [0.2, 0.25) is 0 Å². The quantitative estimate of drug-likeness (QED) is 0.842. The third-order valence-corrected chi connectivity index (χ3v) is 2.75. The van der Waals surface area contributed by atoms with Crippen LogP contribution in [0, 0.1) is 5.82 Å². The van der Waals surface area contributed by atoms with Crippen LogP contribution in [-0.2, 0) is 9.53 Å². The molecule has 0 aliphatic carbocycles. The number of hydrogen-bond donors (Lipinski definition) is 2. The Morgan fingerprint density at radius 2 is 2.41 bits per heavy atom. The van der Waals surface area contributed by atoms with E-state index in [1.807, 2.05) is 0 Å². The third kappa shape index (κ3) is 2.94. The van der Waals surface area contributed by atoms with Crippen molar-refractivity contribution < 1.29 is 19.0 Å². The molecule has 4 nitrogen and oxygen atoms in total. The molecular weight excluding hydrogens is 225 g/mol. The molecule has 0 bridgehead atoms. The van der Waals surface area contributed by atoms with E-state index in [2.05, 4.69) is 5.32 Å². The molecule has 1 aliphatic heterocycles. The lowest BCUT2D eigenvalue weighted by Crippen LogP contribution is -2.40. The predicted molar refractivity (Wildman–Crippen MR) is 60.4 cm³/mol. The second-order valence-corrected chi connectivity index (χ2v) is 4.02. The van der Waals surface area contributed by atoms with Gasteiger partial charge in [0.1, 0.15) is 5.82 Å². The van der Waals surface area contributed by atoms with Gasteiger partial charge in [-0.1, -0.05) is 6.07 Å². The lowest BCUT2D eigenvalue weighted by atomic mass is 10.1. The molecule has 2 N–H and O–H groups in total. The van der Waals surface area contributed by atoms with Crippen LogP contribution in [0.2, 0.25) is 0 Å². The Morgan fingerprint density at radius 1 is 1.59 bits per heavy atom. The number of carboxylic acid groups (broad SMARTS) is 1. The number of nitrogens with one attached hydrogen (secondary N) is 1. The Bertz CT molecular complexity index is 404.